The van der Waals surface area contributed by atoms with E-state index in [0.717, 1.165) is 0 Å². The highest BCUT2D eigenvalue weighted by Crippen LogP contribution is 2.30. The molecule has 0 aliphatic carbocycles. The Hall–Kier alpha value is -1.31. The van der Waals surface area contributed by atoms with Crippen molar-refractivity contribution in [3.05, 3.63) is 18.2 Å². The van der Waals surface area contributed by atoms with Gasteiger partial charge in [0.1, 0.15) is 10.6 Å². The van der Waals surface area contributed by atoms with Crippen LogP contribution in [0.2, 0.25) is 0 Å². The molecule has 1 aromatic rings. The second kappa shape index (κ2) is 5.36. The van der Waals surface area contributed by atoms with Gasteiger partial charge in [-0.05, 0) is 18.6 Å². The molecule has 1 unspecified atom stereocenters. The lowest BCUT2D eigenvalue weighted by atomic mass is 10.3. The largest absolute Gasteiger partial charge is 0.495 e. The van der Waals surface area contributed by atoms with Crippen LogP contribution >= 0.6 is 0 Å². The molecule has 106 valence electrons. The fraction of sp³-hybridized carbons (Fsp3) is 0.500. The van der Waals surface area contributed by atoms with Crippen LogP contribution in [0, 0.1) is 0 Å². The van der Waals surface area contributed by atoms with E-state index < -0.39 is 10.0 Å². The molecule has 2 N–H and O–H groups in total. The van der Waals surface area contributed by atoms with E-state index in [-0.39, 0.29) is 16.7 Å². The Morgan fingerprint density at radius 3 is 2.79 bits per heavy atom. The highest BCUT2D eigenvalue weighted by atomic mass is 32.2. The SMILES string of the molecule is COc1cc(N)ccc1S(=O)(=O)N(C)C1CCOC1. The Morgan fingerprint density at radius 2 is 2.21 bits per heavy atom. The van der Waals surface area contributed by atoms with Gasteiger partial charge in [0.25, 0.3) is 0 Å². The summed E-state index contributed by atoms with van der Waals surface area (Å²) in [6.45, 7) is 1.01. The smallest absolute Gasteiger partial charge is 0.246 e. The molecule has 2 rings (SSSR count). The van der Waals surface area contributed by atoms with Gasteiger partial charge in [0.2, 0.25) is 10.0 Å². The zero-order chi connectivity index (χ0) is 14.0. The van der Waals surface area contributed by atoms with Crippen molar-refractivity contribution in [1.82, 2.24) is 4.31 Å². The van der Waals surface area contributed by atoms with E-state index in [9.17, 15) is 8.42 Å². The Morgan fingerprint density at radius 1 is 1.47 bits per heavy atom. The number of hydrogen-bond donors (Lipinski definition) is 1. The lowest BCUT2D eigenvalue weighted by Gasteiger charge is -2.23. The number of ether oxygens (including phenoxy) is 2. The van der Waals surface area contributed by atoms with E-state index >= 15 is 0 Å². The third kappa shape index (κ3) is 2.68. The molecule has 1 fully saturated rings. The first-order valence-electron chi connectivity index (χ1n) is 5.96. The number of hydrogen-bond acceptors (Lipinski definition) is 5. The minimum Gasteiger partial charge on any atom is -0.495 e. The van der Waals surface area contributed by atoms with Crippen LogP contribution in [0.15, 0.2) is 23.1 Å². The van der Waals surface area contributed by atoms with Crippen molar-refractivity contribution >= 4 is 15.7 Å². The van der Waals surface area contributed by atoms with Crippen LogP contribution in [0.1, 0.15) is 6.42 Å². The molecule has 6 nitrogen and oxygen atoms in total. The molecule has 19 heavy (non-hydrogen) atoms. The topological polar surface area (TPSA) is 81.9 Å². The van der Waals surface area contributed by atoms with Crippen molar-refractivity contribution in [2.24, 2.45) is 0 Å². The summed E-state index contributed by atoms with van der Waals surface area (Å²) in [4.78, 5) is 0.124. The average Bonchev–Trinajstić information content (AvgIpc) is 2.91. The maximum atomic E-state index is 12.6. The van der Waals surface area contributed by atoms with Crippen LogP contribution in [-0.4, -0.2) is 46.1 Å². The monoisotopic (exact) mass is 286 g/mol. The molecule has 0 saturated carbocycles. The zero-order valence-electron chi connectivity index (χ0n) is 11.0. The Balaban J connectivity index is 2.38. The van der Waals surface area contributed by atoms with Gasteiger partial charge in [-0.2, -0.15) is 4.31 Å². The number of nitrogen functional groups attached to an aromatic ring is 1. The van der Waals surface area contributed by atoms with Crippen molar-refractivity contribution < 1.29 is 17.9 Å². The Kier molecular flexibility index (Phi) is 3.98. The summed E-state index contributed by atoms with van der Waals surface area (Å²) in [6, 6.07) is 4.39. The number of likely N-dealkylation sites (N-methyl/N-ethyl adjacent to an activating group) is 1. The molecule has 0 aromatic heterocycles. The van der Waals surface area contributed by atoms with Crippen molar-refractivity contribution in [2.45, 2.75) is 17.4 Å². The van der Waals surface area contributed by atoms with Gasteiger partial charge in [-0.1, -0.05) is 0 Å². The van der Waals surface area contributed by atoms with Crippen LogP contribution in [-0.2, 0) is 14.8 Å². The average molecular weight is 286 g/mol. The predicted molar refractivity (Wildman–Crippen MR) is 71.6 cm³/mol. The van der Waals surface area contributed by atoms with E-state index in [1.165, 1.54) is 23.5 Å². The number of methoxy groups -OCH3 is 1. The molecule has 0 amide bonds. The van der Waals surface area contributed by atoms with Crippen LogP contribution < -0.4 is 10.5 Å². The fourth-order valence-electron chi connectivity index (χ4n) is 2.06. The van der Waals surface area contributed by atoms with Crippen molar-refractivity contribution in [2.75, 3.05) is 33.1 Å². The summed E-state index contributed by atoms with van der Waals surface area (Å²) in [5.74, 6) is 0.255. The quantitative estimate of drug-likeness (QED) is 0.823. The molecular weight excluding hydrogens is 268 g/mol. The fourth-order valence-corrected chi connectivity index (χ4v) is 3.56. The van der Waals surface area contributed by atoms with Crippen molar-refractivity contribution in [3.63, 3.8) is 0 Å². The van der Waals surface area contributed by atoms with Gasteiger partial charge < -0.3 is 15.2 Å². The summed E-state index contributed by atoms with van der Waals surface area (Å²) >= 11 is 0. The number of sulfonamides is 1. The van der Waals surface area contributed by atoms with Gasteiger partial charge in [0.05, 0.1) is 19.8 Å². The van der Waals surface area contributed by atoms with Gasteiger partial charge in [-0.25, -0.2) is 8.42 Å². The van der Waals surface area contributed by atoms with Gasteiger partial charge in [0, 0.05) is 25.4 Å². The number of anilines is 1. The number of nitrogens with zero attached hydrogens (tertiary/aromatic N) is 1. The zero-order valence-corrected chi connectivity index (χ0v) is 11.8. The maximum Gasteiger partial charge on any atom is 0.246 e. The van der Waals surface area contributed by atoms with E-state index in [1.807, 2.05) is 0 Å². The Bertz CT molecular complexity index is 553. The van der Waals surface area contributed by atoms with E-state index in [4.69, 9.17) is 15.2 Å². The molecule has 0 bridgehead atoms. The standard InChI is InChI=1S/C12H18N2O4S/c1-14(10-5-6-18-8-10)19(15,16)12-4-3-9(13)7-11(12)17-2/h3-4,7,10H,5-6,8,13H2,1-2H3. The first kappa shape index (κ1) is 14.1. The maximum absolute atomic E-state index is 12.6. The van der Waals surface area contributed by atoms with Gasteiger partial charge in [-0.15, -0.1) is 0 Å². The molecule has 1 atom stereocenters. The molecule has 1 aliphatic rings. The van der Waals surface area contributed by atoms with E-state index in [1.54, 1.807) is 13.1 Å². The lowest BCUT2D eigenvalue weighted by Crippen LogP contribution is -2.37. The highest BCUT2D eigenvalue weighted by molar-refractivity contribution is 7.89. The van der Waals surface area contributed by atoms with E-state index in [0.29, 0.717) is 25.3 Å². The summed E-state index contributed by atoms with van der Waals surface area (Å²) in [7, 11) is -0.626. The van der Waals surface area contributed by atoms with E-state index in [2.05, 4.69) is 0 Å². The van der Waals surface area contributed by atoms with Crippen LogP contribution in [0.3, 0.4) is 0 Å². The molecule has 7 heteroatoms. The number of rotatable bonds is 4. The summed E-state index contributed by atoms with van der Waals surface area (Å²) in [5.41, 5.74) is 6.10. The van der Waals surface area contributed by atoms with Crippen LogP contribution in [0.5, 0.6) is 5.75 Å². The van der Waals surface area contributed by atoms with Crippen LogP contribution in [0.25, 0.3) is 0 Å². The molecule has 0 radical (unpaired) electrons. The predicted octanol–water partition coefficient (Wildman–Crippen LogP) is 0.687. The third-order valence-electron chi connectivity index (χ3n) is 3.26. The molecule has 1 aromatic carbocycles. The second-order valence-corrected chi connectivity index (χ2v) is 6.41. The normalized spacial score (nSPS) is 19.8. The molecule has 1 heterocycles. The van der Waals surface area contributed by atoms with Crippen LogP contribution in [0.4, 0.5) is 5.69 Å². The molecule has 1 aliphatic heterocycles. The number of nitrogens with two attached hydrogens (primary N) is 1. The summed E-state index contributed by atoms with van der Waals surface area (Å²) in [5, 5.41) is 0. The minimum absolute atomic E-state index is 0.124. The molecule has 1 saturated heterocycles. The molecular formula is C12H18N2O4S. The third-order valence-corrected chi connectivity index (χ3v) is 5.21. The first-order valence-corrected chi connectivity index (χ1v) is 7.40. The minimum atomic E-state index is -3.61. The molecule has 0 spiro atoms. The van der Waals surface area contributed by atoms with Crippen molar-refractivity contribution in [3.8, 4) is 5.75 Å². The van der Waals surface area contributed by atoms with Gasteiger partial charge in [-0.3, -0.25) is 0 Å². The summed E-state index contributed by atoms with van der Waals surface area (Å²) in [6.07, 6.45) is 0.701. The first-order chi connectivity index (χ1) is 8.96. The Labute approximate surface area is 113 Å². The number of benzene rings is 1. The van der Waals surface area contributed by atoms with Gasteiger partial charge in [0.15, 0.2) is 0 Å². The summed E-state index contributed by atoms with van der Waals surface area (Å²) < 4.78 is 36.8. The van der Waals surface area contributed by atoms with Crippen molar-refractivity contribution in [1.29, 1.82) is 0 Å². The lowest BCUT2D eigenvalue weighted by molar-refractivity contribution is 0.180. The highest BCUT2D eigenvalue weighted by Gasteiger charge is 2.32. The van der Waals surface area contributed by atoms with Gasteiger partial charge >= 0.3 is 0 Å². The second-order valence-electron chi connectivity index (χ2n) is 4.45.